The summed E-state index contributed by atoms with van der Waals surface area (Å²) in [4.78, 5) is 11.7. The van der Waals surface area contributed by atoms with Gasteiger partial charge in [0.2, 0.25) is 0 Å². The molecule has 1 saturated heterocycles. The largest absolute Gasteiger partial charge is 0.465 e. The van der Waals surface area contributed by atoms with Crippen LogP contribution in [-0.2, 0) is 14.3 Å². The van der Waals surface area contributed by atoms with Crippen molar-refractivity contribution in [1.82, 2.24) is 0 Å². The molecule has 2 bridgehead atoms. The minimum absolute atomic E-state index is 0.00694. The fourth-order valence-electron chi connectivity index (χ4n) is 2.68. The quantitative estimate of drug-likeness (QED) is 0.399. The molecule has 1 heterocycles. The van der Waals surface area contributed by atoms with Crippen molar-refractivity contribution in [3.8, 4) is 0 Å². The van der Waals surface area contributed by atoms with Crippen molar-refractivity contribution in [2.24, 2.45) is 17.8 Å². The van der Waals surface area contributed by atoms with Crippen LogP contribution in [0, 0.1) is 17.8 Å². The van der Waals surface area contributed by atoms with Gasteiger partial charge in [-0.1, -0.05) is 12.2 Å². The minimum Gasteiger partial charge on any atom is -0.465 e. The summed E-state index contributed by atoms with van der Waals surface area (Å²) in [6.07, 6.45) is 7.81. The summed E-state index contributed by atoms with van der Waals surface area (Å²) >= 11 is 0. The molecule has 0 amide bonds. The van der Waals surface area contributed by atoms with Gasteiger partial charge in [-0.05, 0) is 24.7 Å². The van der Waals surface area contributed by atoms with Gasteiger partial charge in [-0.3, -0.25) is 4.79 Å². The van der Waals surface area contributed by atoms with Crippen molar-refractivity contribution in [3.05, 3.63) is 12.2 Å². The molecule has 3 heteroatoms. The highest BCUT2D eigenvalue weighted by molar-refractivity contribution is 5.74. The molecule has 82 valence electrons. The topological polar surface area (TPSA) is 38.8 Å². The molecule has 3 aliphatic rings. The van der Waals surface area contributed by atoms with Crippen LogP contribution in [-0.4, -0.2) is 25.3 Å². The molecule has 0 aromatic heterocycles. The number of allylic oxidation sites excluding steroid dienone is 2. The molecular weight excluding hydrogens is 192 g/mol. The maximum Gasteiger partial charge on any atom is 0.309 e. The van der Waals surface area contributed by atoms with E-state index in [0.717, 1.165) is 25.9 Å². The van der Waals surface area contributed by atoms with Crippen molar-refractivity contribution in [1.29, 1.82) is 0 Å². The van der Waals surface area contributed by atoms with Crippen LogP contribution in [0.1, 0.15) is 19.3 Å². The molecule has 2 fully saturated rings. The number of esters is 1. The van der Waals surface area contributed by atoms with E-state index >= 15 is 0 Å². The Labute approximate surface area is 89.4 Å². The second-order valence-electron chi connectivity index (χ2n) is 4.80. The van der Waals surface area contributed by atoms with Crippen LogP contribution in [0.4, 0.5) is 0 Å². The van der Waals surface area contributed by atoms with Gasteiger partial charge in [-0.2, -0.15) is 0 Å². The van der Waals surface area contributed by atoms with Gasteiger partial charge < -0.3 is 9.47 Å². The van der Waals surface area contributed by atoms with Crippen molar-refractivity contribution < 1.29 is 14.3 Å². The number of rotatable bonds is 4. The molecule has 15 heavy (non-hydrogen) atoms. The van der Waals surface area contributed by atoms with E-state index in [0.29, 0.717) is 24.5 Å². The highest BCUT2D eigenvalue weighted by Gasteiger charge is 2.40. The van der Waals surface area contributed by atoms with E-state index in [1.165, 1.54) is 0 Å². The number of hydrogen-bond acceptors (Lipinski definition) is 3. The molecule has 3 nitrogen and oxygen atoms in total. The first-order valence-corrected chi connectivity index (χ1v) is 5.79. The van der Waals surface area contributed by atoms with Crippen LogP contribution in [0.5, 0.6) is 0 Å². The maximum atomic E-state index is 11.7. The molecule has 2 aliphatic carbocycles. The molecule has 1 aliphatic heterocycles. The Kier molecular flexibility index (Phi) is 2.28. The lowest BCUT2D eigenvalue weighted by Gasteiger charge is -2.16. The average molecular weight is 208 g/mol. The second kappa shape index (κ2) is 3.63. The minimum atomic E-state index is 0.00694. The Morgan fingerprint density at radius 1 is 1.40 bits per heavy atom. The molecule has 3 rings (SSSR count). The predicted molar refractivity (Wildman–Crippen MR) is 54.2 cm³/mol. The molecule has 0 spiro atoms. The zero-order chi connectivity index (χ0) is 10.3. The third-order valence-electron chi connectivity index (χ3n) is 3.67. The van der Waals surface area contributed by atoms with E-state index in [1.807, 2.05) is 0 Å². The highest BCUT2D eigenvalue weighted by Crippen LogP contribution is 2.43. The van der Waals surface area contributed by atoms with Crippen LogP contribution in [0.3, 0.4) is 0 Å². The number of epoxide rings is 1. The Hall–Kier alpha value is -0.830. The molecular formula is C12H16O3. The van der Waals surface area contributed by atoms with Crippen LogP contribution < -0.4 is 0 Å². The monoisotopic (exact) mass is 208 g/mol. The Morgan fingerprint density at radius 2 is 2.27 bits per heavy atom. The normalized spacial score (nSPS) is 40.8. The summed E-state index contributed by atoms with van der Waals surface area (Å²) in [5.74, 6) is 1.24. The van der Waals surface area contributed by atoms with Crippen molar-refractivity contribution >= 4 is 5.97 Å². The zero-order valence-electron chi connectivity index (χ0n) is 8.72. The predicted octanol–water partition coefficient (Wildman–Crippen LogP) is 1.53. The molecule has 4 unspecified atom stereocenters. The summed E-state index contributed by atoms with van der Waals surface area (Å²) in [5, 5.41) is 0. The van der Waals surface area contributed by atoms with Crippen LogP contribution in [0.2, 0.25) is 0 Å². The van der Waals surface area contributed by atoms with Gasteiger partial charge in [-0.15, -0.1) is 0 Å². The average Bonchev–Trinajstić information content (AvgIpc) is 2.83. The zero-order valence-corrected chi connectivity index (χ0v) is 8.72. The van der Waals surface area contributed by atoms with Crippen molar-refractivity contribution in [3.63, 3.8) is 0 Å². The Balaban J connectivity index is 1.45. The second-order valence-corrected chi connectivity index (χ2v) is 4.80. The van der Waals surface area contributed by atoms with Gasteiger partial charge in [0.05, 0.1) is 25.2 Å². The smallest absolute Gasteiger partial charge is 0.309 e. The summed E-state index contributed by atoms with van der Waals surface area (Å²) < 4.78 is 10.3. The number of fused-ring (bicyclic) bond motifs is 2. The number of carbonyl (C=O) groups is 1. The van der Waals surface area contributed by atoms with Gasteiger partial charge in [0.15, 0.2) is 0 Å². The lowest BCUT2D eigenvalue weighted by molar-refractivity contribution is -0.149. The van der Waals surface area contributed by atoms with Gasteiger partial charge in [0.1, 0.15) is 0 Å². The maximum absolute atomic E-state index is 11.7. The van der Waals surface area contributed by atoms with E-state index in [4.69, 9.17) is 9.47 Å². The molecule has 0 aromatic carbocycles. The third-order valence-corrected chi connectivity index (χ3v) is 3.67. The Morgan fingerprint density at radius 3 is 2.87 bits per heavy atom. The van der Waals surface area contributed by atoms with Crippen LogP contribution in [0.15, 0.2) is 12.2 Å². The van der Waals surface area contributed by atoms with E-state index in [2.05, 4.69) is 12.2 Å². The SMILES string of the molecule is O=C(OCCC1CO1)C1CC2C=CC1C2. The lowest BCUT2D eigenvalue weighted by Crippen LogP contribution is -2.22. The first-order chi connectivity index (χ1) is 7.33. The van der Waals surface area contributed by atoms with E-state index in [9.17, 15) is 4.79 Å². The number of carbonyl (C=O) groups excluding carboxylic acids is 1. The van der Waals surface area contributed by atoms with Gasteiger partial charge >= 0.3 is 5.97 Å². The van der Waals surface area contributed by atoms with Gasteiger partial charge in [0.25, 0.3) is 0 Å². The third kappa shape index (κ3) is 1.93. The lowest BCUT2D eigenvalue weighted by atomic mass is 9.94. The van der Waals surface area contributed by atoms with Gasteiger partial charge in [0, 0.05) is 6.42 Å². The summed E-state index contributed by atoms with van der Waals surface area (Å²) in [6, 6.07) is 0. The molecule has 0 N–H and O–H groups in total. The van der Waals surface area contributed by atoms with E-state index < -0.39 is 0 Å². The first-order valence-electron chi connectivity index (χ1n) is 5.79. The Bertz CT molecular complexity index is 293. The first kappa shape index (κ1) is 9.40. The number of ether oxygens (including phenoxy) is 2. The van der Waals surface area contributed by atoms with E-state index in [-0.39, 0.29) is 11.9 Å². The summed E-state index contributed by atoms with van der Waals surface area (Å²) in [5.41, 5.74) is 0. The van der Waals surface area contributed by atoms with Gasteiger partial charge in [-0.25, -0.2) is 0 Å². The standard InChI is InChI=1S/C12H16O3/c13-12(14-4-3-10-7-15-10)11-6-8-1-2-9(11)5-8/h1-2,8-11H,3-7H2. The molecule has 0 aromatic rings. The number of hydrogen-bond donors (Lipinski definition) is 0. The fraction of sp³-hybridized carbons (Fsp3) is 0.750. The summed E-state index contributed by atoms with van der Waals surface area (Å²) in [7, 11) is 0. The molecule has 1 saturated carbocycles. The fourth-order valence-corrected chi connectivity index (χ4v) is 2.68. The molecule has 0 radical (unpaired) electrons. The highest BCUT2D eigenvalue weighted by atomic mass is 16.6. The summed E-state index contributed by atoms with van der Waals surface area (Å²) in [6.45, 7) is 1.37. The van der Waals surface area contributed by atoms with Crippen molar-refractivity contribution in [2.75, 3.05) is 13.2 Å². The molecule has 4 atom stereocenters. The van der Waals surface area contributed by atoms with Crippen LogP contribution >= 0.6 is 0 Å². The van der Waals surface area contributed by atoms with E-state index in [1.54, 1.807) is 0 Å². The van der Waals surface area contributed by atoms with Crippen molar-refractivity contribution in [2.45, 2.75) is 25.4 Å². The van der Waals surface area contributed by atoms with Crippen LogP contribution in [0.25, 0.3) is 0 Å².